The van der Waals surface area contributed by atoms with Gasteiger partial charge in [0.25, 0.3) is 0 Å². The predicted octanol–water partition coefficient (Wildman–Crippen LogP) is -2.83. The second kappa shape index (κ2) is 13.4. The van der Waals surface area contributed by atoms with Gasteiger partial charge in [-0.3, -0.25) is 24.0 Å². The number of hydrogen-bond acceptors (Lipinski definition) is 8. The molecule has 3 unspecified atom stereocenters. The van der Waals surface area contributed by atoms with Crippen molar-refractivity contribution in [1.82, 2.24) is 16.0 Å². The fourth-order valence-corrected chi connectivity index (χ4v) is 2.73. The van der Waals surface area contributed by atoms with Crippen molar-refractivity contribution in [2.24, 2.45) is 11.5 Å². The predicted molar refractivity (Wildman–Crippen MR) is 115 cm³/mol. The number of aliphatic carboxylic acids is 2. The lowest BCUT2D eigenvalue weighted by molar-refractivity contribution is -0.143. The number of benzene rings is 1. The van der Waals surface area contributed by atoms with E-state index in [9.17, 15) is 39.0 Å². The third-order valence-electron chi connectivity index (χ3n) is 4.47. The molecular formula is C20H27N5O9. The molecule has 14 nitrogen and oxygen atoms in total. The normalized spacial score (nSPS) is 13.1. The molecule has 1 aromatic rings. The van der Waals surface area contributed by atoms with E-state index in [0.29, 0.717) is 5.56 Å². The summed E-state index contributed by atoms with van der Waals surface area (Å²) in [6.07, 6.45) is -1.46. The molecule has 0 saturated heterocycles. The Morgan fingerprint density at radius 2 is 1.53 bits per heavy atom. The minimum Gasteiger partial charge on any atom is -0.508 e. The number of aromatic hydroxyl groups is 1. The van der Waals surface area contributed by atoms with E-state index in [4.69, 9.17) is 16.6 Å². The van der Waals surface area contributed by atoms with Gasteiger partial charge in [0.05, 0.1) is 19.0 Å². The lowest BCUT2D eigenvalue weighted by Crippen LogP contribution is -2.54. The first-order chi connectivity index (χ1) is 15.9. The van der Waals surface area contributed by atoms with Gasteiger partial charge in [0.2, 0.25) is 23.6 Å². The van der Waals surface area contributed by atoms with Crippen molar-refractivity contribution in [1.29, 1.82) is 0 Å². The van der Waals surface area contributed by atoms with Crippen LogP contribution in [0.15, 0.2) is 24.3 Å². The van der Waals surface area contributed by atoms with E-state index < -0.39 is 73.1 Å². The maximum Gasteiger partial charge on any atom is 0.326 e. The largest absolute Gasteiger partial charge is 0.508 e. The fraction of sp³-hybridized carbons (Fsp3) is 0.400. The molecule has 0 spiro atoms. The van der Waals surface area contributed by atoms with E-state index in [-0.39, 0.29) is 18.6 Å². The number of carbonyl (C=O) groups excluding carboxylic acids is 4. The number of carboxylic acids is 2. The number of carbonyl (C=O) groups is 6. The molecule has 0 aliphatic heterocycles. The molecule has 0 aliphatic carbocycles. The molecule has 1 aromatic carbocycles. The van der Waals surface area contributed by atoms with Gasteiger partial charge in [-0.1, -0.05) is 12.1 Å². The molecule has 186 valence electrons. The monoisotopic (exact) mass is 481 g/mol. The summed E-state index contributed by atoms with van der Waals surface area (Å²) in [7, 11) is 0. The van der Waals surface area contributed by atoms with E-state index in [1.54, 1.807) is 0 Å². The summed E-state index contributed by atoms with van der Waals surface area (Å²) < 4.78 is 0. The minimum atomic E-state index is -1.42. The second-order valence-electron chi connectivity index (χ2n) is 7.32. The SMILES string of the molecule is NC(=O)CC(N)C(=O)NCC(=O)NC(CCC(=O)O)C(=O)NC(Cc1ccc(O)cc1)C(=O)O. The fourth-order valence-electron chi connectivity index (χ4n) is 2.73. The van der Waals surface area contributed by atoms with E-state index >= 15 is 0 Å². The van der Waals surface area contributed by atoms with Crippen molar-refractivity contribution in [3.05, 3.63) is 29.8 Å². The minimum absolute atomic E-state index is 0.0289. The molecule has 14 heteroatoms. The molecule has 34 heavy (non-hydrogen) atoms. The highest BCUT2D eigenvalue weighted by Crippen LogP contribution is 2.12. The van der Waals surface area contributed by atoms with Crippen LogP contribution in [0.2, 0.25) is 0 Å². The average Bonchev–Trinajstić information content (AvgIpc) is 2.74. The summed E-state index contributed by atoms with van der Waals surface area (Å²) in [5, 5.41) is 34.3. The van der Waals surface area contributed by atoms with Crippen LogP contribution in [-0.4, -0.2) is 75.6 Å². The van der Waals surface area contributed by atoms with Crippen LogP contribution in [0, 0.1) is 0 Å². The molecule has 1 rings (SSSR count). The summed E-state index contributed by atoms with van der Waals surface area (Å²) in [6.45, 7) is -0.641. The molecule has 0 heterocycles. The zero-order chi connectivity index (χ0) is 25.8. The Bertz CT molecular complexity index is 920. The average molecular weight is 481 g/mol. The van der Waals surface area contributed by atoms with Crippen molar-refractivity contribution < 1.29 is 44.1 Å². The Morgan fingerprint density at radius 1 is 0.912 bits per heavy atom. The maximum atomic E-state index is 12.6. The van der Waals surface area contributed by atoms with Crippen LogP contribution in [0.4, 0.5) is 0 Å². The summed E-state index contributed by atoms with van der Waals surface area (Å²) in [5.41, 5.74) is 10.9. The molecule has 4 amide bonds. The van der Waals surface area contributed by atoms with Crippen LogP contribution in [0.3, 0.4) is 0 Å². The number of primary amides is 1. The molecular weight excluding hydrogens is 454 g/mol. The van der Waals surface area contributed by atoms with Gasteiger partial charge in [0.1, 0.15) is 17.8 Å². The number of nitrogens with one attached hydrogen (secondary N) is 3. The summed E-state index contributed by atoms with van der Waals surface area (Å²) in [5.74, 6) is -6.15. The lowest BCUT2D eigenvalue weighted by Gasteiger charge is -2.21. The highest BCUT2D eigenvalue weighted by atomic mass is 16.4. The van der Waals surface area contributed by atoms with Gasteiger partial charge in [0.15, 0.2) is 0 Å². The van der Waals surface area contributed by atoms with Crippen molar-refractivity contribution in [3.8, 4) is 5.75 Å². The van der Waals surface area contributed by atoms with Gasteiger partial charge in [-0.15, -0.1) is 0 Å². The summed E-state index contributed by atoms with van der Waals surface area (Å²) >= 11 is 0. The standard InChI is InChI=1S/C20H27N5O9/c21-12(8-15(22)27)18(31)23-9-16(28)24-13(5-6-17(29)30)19(32)25-14(20(33)34)7-10-1-3-11(26)4-2-10/h1-4,12-14,26H,5-9,21H2,(H2,22,27)(H,23,31)(H,24,28)(H,25,32)(H,29,30)(H,33,34). The van der Waals surface area contributed by atoms with E-state index in [1.165, 1.54) is 24.3 Å². The van der Waals surface area contributed by atoms with Gasteiger partial charge in [0, 0.05) is 12.8 Å². The molecule has 0 aromatic heterocycles. The smallest absolute Gasteiger partial charge is 0.326 e. The summed E-state index contributed by atoms with van der Waals surface area (Å²) in [6, 6.07) is 1.51. The Balaban J connectivity index is 2.80. The van der Waals surface area contributed by atoms with Crippen LogP contribution in [-0.2, 0) is 35.2 Å². The maximum absolute atomic E-state index is 12.6. The second-order valence-corrected chi connectivity index (χ2v) is 7.32. The van der Waals surface area contributed by atoms with Gasteiger partial charge in [-0.2, -0.15) is 0 Å². The summed E-state index contributed by atoms with van der Waals surface area (Å²) in [4.78, 5) is 69.9. The quantitative estimate of drug-likeness (QED) is 0.135. The van der Waals surface area contributed by atoms with E-state index in [0.717, 1.165) is 0 Å². The number of carboxylic acid groups (broad SMARTS) is 2. The molecule has 10 N–H and O–H groups in total. The first-order valence-electron chi connectivity index (χ1n) is 10.0. The number of nitrogens with two attached hydrogens (primary N) is 2. The van der Waals surface area contributed by atoms with Crippen molar-refractivity contribution in [2.75, 3.05) is 6.54 Å². The first-order valence-corrected chi connectivity index (χ1v) is 10.0. The van der Waals surface area contributed by atoms with Gasteiger partial charge < -0.3 is 42.7 Å². The van der Waals surface area contributed by atoms with Gasteiger partial charge >= 0.3 is 11.9 Å². The van der Waals surface area contributed by atoms with Crippen molar-refractivity contribution in [2.45, 2.75) is 43.8 Å². The zero-order valence-corrected chi connectivity index (χ0v) is 18.0. The third kappa shape index (κ3) is 10.4. The topological polar surface area (TPSA) is 251 Å². The Kier molecular flexibility index (Phi) is 10.9. The Morgan fingerprint density at radius 3 is 2.06 bits per heavy atom. The third-order valence-corrected chi connectivity index (χ3v) is 4.47. The number of hydrogen-bond donors (Lipinski definition) is 8. The van der Waals surface area contributed by atoms with Gasteiger partial charge in [-0.25, -0.2) is 4.79 Å². The molecule has 0 bridgehead atoms. The molecule has 0 saturated carbocycles. The highest BCUT2D eigenvalue weighted by molar-refractivity contribution is 5.93. The zero-order valence-electron chi connectivity index (χ0n) is 18.0. The van der Waals surface area contributed by atoms with Crippen LogP contribution >= 0.6 is 0 Å². The van der Waals surface area contributed by atoms with Crippen molar-refractivity contribution >= 4 is 35.6 Å². The highest BCUT2D eigenvalue weighted by Gasteiger charge is 2.27. The van der Waals surface area contributed by atoms with Crippen LogP contribution in [0.5, 0.6) is 5.75 Å². The van der Waals surface area contributed by atoms with E-state index in [2.05, 4.69) is 16.0 Å². The van der Waals surface area contributed by atoms with Crippen molar-refractivity contribution in [3.63, 3.8) is 0 Å². The van der Waals surface area contributed by atoms with E-state index in [1.807, 2.05) is 0 Å². The number of rotatable bonds is 14. The number of phenolic OH excluding ortho intramolecular Hbond substituents is 1. The Labute approximate surface area is 193 Å². The molecule has 0 radical (unpaired) electrons. The number of phenols is 1. The number of amides is 4. The first kappa shape index (κ1) is 27.8. The van der Waals surface area contributed by atoms with Gasteiger partial charge in [-0.05, 0) is 24.1 Å². The molecule has 0 aliphatic rings. The van der Waals surface area contributed by atoms with Crippen LogP contribution < -0.4 is 27.4 Å². The lowest BCUT2D eigenvalue weighted by atomic mass is 10.0. The van der Waals surface area contributed by atoms with Crippen LogP contribution in [0.1, 0.15) is 24.8 Å². The Hall–Kier alpha value is -4.20. The molecule has 0 fully saturated rings. The molecule has 3 atom stereocenters. The van der Waals surface area contributed by atoms with Crippen LogP contribution in [0.25, 0.3) is 0 Å².